The maximum Gasteiger partial charge on any atom is 0.339 e. The van der Waals surface area contributed by atoms with E-state index in [9.17, 15) is 9.59 Å². The lowest BCUT2D eigenvalue weighted by Gasteiger charge is -2.12. The number of aryl methyl sites for hydroxylation is 1. The SMILES string of the molecule is Cc1ccc(-c2cc(C(=O)OCC(=O)Nc3ccnn3C(C)C)c3ccccc3n2)o1. The fourth-order valence-corrected chi connectivity index (χ4v) is 3.26. The first-order chi connectivity index (χ1) is 14.9. The smallest absolute Gasteiger partial charge is 0.339 e. The van der Waals surface area contributed by atoms with Crippen LogP contribution in [0.4, 0.5) is 5.82 Å². The molecular formula is C23H22N4O4. The molecule has 0 spiro atoms. The van der Waals surface area contributed by atoms with Crippen LogP contribution in [0.25, 0.3) is 22.4 Å². The van der Waals surface area contributed by atoms with Gasteiger partial charge in [0.1, 0.15) is 17.3 Å². The van der Waals surface area contributed by atoms with Gasteiger partial charge in [0.25, 0.3) is 5.91 Å². The van der Waals surface area contributed by atoms with Crippen molar-refractivity contribution in [2.45, 2.75) is 26.8 Å². The number of hydrogen-bond donors (Lipinski definition) is 1. The topological polar surface area (TPSA) is 99.2 Å². The Morgan fingerprint density at radius 3 is 2.71 bits per heavy atom. The summed E-state index contributed by atoms with van der Waals surface area (Å²) < 4.78 is 12.6. The number of fused-ring (bicyclic) bond motifs is 1. The summed E-state index contributed by atoms with van der Waals surface area (Å²) in [6.45, 7) is 5.32. The molecule has 4 aromatic rings. The second-order valence-electron chi connectivity index (χ2n) is 7.36. The van der Waals surface area contributed by atoms with Gasteiger partial charge in [-0.1, -0.05) is 18.2 Å². The van der Waals surface area contributed by atoms with Crippen molar-refractivity contribution in [1.82, 2.24) is 14.8 Å². The Bertz CT molecular complexity index is 1260. The Kier molecular flexibility index (Phi) is 5.53. The van der Waals surface area contributed by atoms with E-state index in [4.69, 9.17) is 9.15 Å². The maximum atomic E-state index is 12.9. The van der Waals surface area contributed by atoms with Crippen LogP contribution in [-0.4, -0.2) is 33.2 Å². The Morgan fingerprint density at radius 1 is 1.16 bits per heavy atom. The molecule has 0 saturated heterocycles. The van der Waals surface area contributed by atoms with E-state index in [1.165, 1.54) is 0 Å². The molecule has 0 bridgehead atoms. The van der Waals surface area contributed by atoms with Crippen molar-refractivity contribution in [2.24, 2.45) is 0 Å². The number of esters is 1. The molecular weight excluding hydrogens is 396 g/mol. The standard InChI is InChI=1S/C23H22N4O4/c1-14(2)27-21(10-11-24-27)26-22(28)13-30-23(29)17-12-19(20-9-8-15(3)31-20)25-18-7-5-4-6-16(17)18/h4-12,14H,13H2,1-3H3,(H,26,28). The van der Waals surface area contributed by atoms with Crippen LogP contribution in [-0.2, 0) is 9.53 Å². The normalized spacial score (nSPS) is 11.1. The van der Waals surface area contributed by atoms with Gasteiger partial charge >= 0.3 is 5.97 Å². The predicted molar refractivity (Wildman–Crippen MR) is 116 cm³/mol. The summed E-state index contributed by atoms with van der Waals surface area (Å²) in [7, 11) is 0. The molecule has 0 fully saturated rings. The van der Waals surface area contributed by atoms with Gasteiger partial charge in [0.2, 0.25) is 0 Å². The molecule has 31 heavy (non-hydrogen) atoms. The Morgan fingerprint density at radius 2 is 1.97 bits per heavy atom. The summed E-state index contributed by atoms with van der Waals surface area (Å²) in [6.07, 6.45) is 1.60. The molecule has 1 N–H and O–H groups in total. The third kappa shape index (κ3) is 4.32. The average Bonchev–Trinajstić information content (AvgIpc) is 3.40. The summed E-state index contributed by atoms with van der Waals surface area (Å²) in [5.74, 6) is 0.774. The highest BCUT2D eigenvalue weighted by molar-refractivity contribution is 6.05. The molecule has 3 heterocycles. The molecule has 0 unspecified atom stereocenters. The van der Waals surface area contributed by atoms with Gasteiger partial charge < -0.3 is 14.5 Å². The fraction of sp³-hybridized carbons (Fsp3) is 0.217. The molecule has 0 aliphatic carbocycles. The Hall–Kier alpha value is -3.94. The van der Waals surface area contributed by atoms with Crippen molar-refractivity contribution in [1.29, 1.82) is 0 Å². The third-order valence-corrected chi connectivity index (χ3v) is 4.69. The zero-order valence-corrected chi connectivity index (χ0v) is 17.5. The number of anilines is 1. The number of hydrogen-bond acceptors (Lipinski definition) is 6. The van der Waals surface area contributed by atoms with Gasteiger partial charge in [0.15, 0.2) is 12.4 Å². The van der Waals surface area contributed by atoms with Gasteiger partial charge in [-0.15, -0.1) is 0 Å². The molecule has 0 saturated carbocycles. The minimum absolute atomic E-state index is 0.0830. The number of furan rings is 1. The van der Waals surface area contributed by atoms with E-state index in [1.807, 2.05) is 45.0 Å². The van der Waals surface area contributed by atoms with E-state index in [1.54, 1.807) is 35.1 Å². The van der Waals surface area contributed by atoms with E-state index in [0.29, 0.717) is 33.7 Å². The van der Waals surface area contributed by atoms with Crippen LogP contribution < -0.4 is 5.32 Å². The summed E-state index contributed by atoms with van der Waals surface area (Å²) in [6, 6.07) is 14.3. The van der Waals surface area contributed by atoms with Gasteiger partial charge in [-0.2, -0.15) is 5.10 Å². The van der Waals surface area contributed by atoms with Gasteiger partial charge in [0, 0.05) is 17.5 Å². The maximum absolute atomic E-state index is 12.9. The number of benzene rings is 1. The number of carbonyl (C=O) groups is 2. The van der Waals surface area contributed by atoms with Crippen LogP contribution in [0.2, 0.25) is 0 Å². The van der Waals surface area contributed by atoms with Gasteiger partial charge in [-0.05, 0) is 45.0 Å². The monoisotopic (exact) mass is 418 g/mol. The van der Waals surface area contributed by atoms with Crippen LogP contribution in [0.5, 0.6) is 0 Å². The van der Waals surface area contributed by atoms with Crippen LogP contribution in [0.1, 0.15) is 36.0 Å². The van der Waals surface area contributed by atoms with Crippen molar-refractivity contribution in [3.63, 3.8) is 0 Å². The van der Waals surface area contributed by atoms with E-state index >= 15 is 0 Å². The van der Waals surface area contributed by atoms with Gasteiger partial charge in [-0.3, -0.25) is 4.79 Å². The predicted octanol–water partition coefficient (Wildman–Crippen LogP) is 4.38. The van der Waals surface area contributed by atoms with Crippen molar-refractivity contribution >= 4 is 28.6 Å². The second-order valence-corrected chi connectivity index (χ2v) is 7.36. The molecule has 3 aromatic heterocycles. The highest BCUT2D eigenvalue weighted by Crippen LogP contribution is 2.26. The number of rotatable bonds is 6. The largest absolute Gasteiger partial charge is 0.460 e. The number of aromatic nitrogens is 3. The number of amides is 1. The first kappa shape index (κ1) is 20.3. The molecule has 1 aromatic carbocycles. The molecule has 0 aliphatic rings. The number of carbonyl (C=O) groups excluding carboxylic acids is 2. The molecule has 158 valence electrons. The number of nitrogens with one attached hydrogen (secondary N) is 1. The fourth-order valence-electron chi connectivity index (χ4n) is 3.26. The Labute approximate surface area is 178 Å². The molecule has 8 nitrogen and oxygen atoms in total. The molecule has 0 atom stereocenters. The number of pyridine rings is 1. The van der Waals surface area contributed by atoms with Crippen molar-refractivity contribution in [3.8, 4) is 11.5 Å². The van der Waals surface area contributed by atoms with Gasteiger partial charge in [-0.25, -0.2) is 14.5 Å². The summed E-state index contributed by atoms with van der Waals surface area (Å²) in [5.41, 5.74) is 1.46. The number of nitrogens with zero attached hydrogens (tertiary/aromatic N) is 3. The third-order valence-electron chi connectivity index (χ3n) is 4.69. The number of ether oxygens (including phenoxy) is 1. The summed E-state index contributed by atoms with van der Waals surface area (Å²) in [5, 5.41) is 7.51. The highest BCUT2D eigenvalue weighted by atomic mass is 16.5. The van der Waals surface area contributed by atoms with E-state index in [2.05, 4.69) is 15.4 Å². The van der Waals surface area contributed by atoms with Crippen molar-refractivity contribution in [2.75, 3.05) is 11.9 Å². The lowest BCUT2D eigenvalue weighted by molar-refractivity contribution is -0.119. The molecule has 0 aliphatic heterocycles. The summed E-state index contributed by atoms with van der Waals surface area (Å²) >= 11 is 0. The molecule has 8 heteroatoms. The number of para-hydroxylation sites is 1. The van der Waals surface area contributed by atoms with Gasteiger partial charge in [0.05, 0.1) is 17.3 Å². The lowest BCUT2D eigenvalue weighted by Crippen LogP contribution is -2.23. The molecule has 4 rings (SSSR count). The van der Waals surface area contributed by atoms with E-state index < -0.39 is 18.5 Å². The minimum atomic E-state index is -0.615. The van der Waals surface area contributed by atoms with E-state index in [-0.39, 0.29) is 6.04 Å². The van der Waals surface area contributed by atoms with Crippen molar-refractivity contribution < 1.29 is 18.7 Å². The lowest BCUT2D eigenvalue weighted by atomic mass is 10.1. The van der Waals surface area contributed by atoms with Crippen LogP contribution in [0, 0.1) is 6.92 Å². The summed E-state index contributed by atoms with van der Waals surface area (Å²) in [4.78, 5) is 29.8. The van der Waals surface area contributed by atoms with Crippen LogP contribution in [0.15, 0.2) is 59.1 Å². The minimum Gasteiger partial charge on any atom is -0.460 e. The molecule has 1 amide bonds. The van der Waals surface area contributed by atoms with Crippen LogP contribution in [0.3, 0.4) is 0 Å². The zero-order chi connectivity index (χ0) is 22.0. The first-order valence-corrected chi connectivity index (χ1v) is 9.89. The molecule has 0 radical (unpaired) electrons. The average molecular weight is 418 g/mol. The first-order valence-electron chi connectivity index (χ1n) is 9.89. The zero-order valence-electron chi connectivity index (χ0n) is 17.5. The quantitative estimate of drug-likeness (QED) is 0.467. The van der Waals surface area contributed by atoms with Crippen LogP contribution >= 0.6 is 0 Å². The van der Waals surface area contributed by atoms with Crippen molar-refractivity contribution in [3.05, 3.63) is 66.1 Å². The Balaban J connectivity index is 1.54. The van der Waals surface area contributed by atoms with E-state index in [0.717, 1.165) is 5.76 Å². The second kappa shape index (κ2) is 8.43. The highest BCUT2D eigenvalue weighted by Gasteiger charge is 2.18.